The summed E-state index contributed by atoms with van der Waals surface area (Å²) in [6, 6.07) is 7.41. The molecule has 2 aromatic rings. The third-order valence-corrected chi connectivity index (χ3v) is 2.80. The zero-order valence-corrected chi connectivity index (χ0v) is 10.3. The van der Waals surface area contributed by atoms with E-state index < -0.39 is 5.97 Å². The summed E-state index contributed by atoms with van der Waals surface area (Å²) < 4.78 is 11.7. The first-order valence-corrected chi connectivity index (χ1v) is 5.52. The first-order chi connectivity index (χ1) is 8.63. The van der Waals surface area contributed by atoms with Gasteiger partial charge in [-0.1, -0.05) is 6.07 Å². The van der Waals surface area contributed by atoms with Gasteiger partial charge in [-0.2, -0.15) is 0 Å². The molecule has 0 radical (unpaired) electrons. The molecule has 0 aliphatic heterocycles. The van der Waals surface area contributed by atoms with Crippen LogP contribution in [0.3, 0.4) is 0 Å². The Labute approximate surface area is 105 Å². The molecule has 1 aromatic heterocycles. The second kappa shape index (κ2) is 5.20. The van der Waals surface area contributed by atoms with Gasteiger partial charge >= 0.3 is 5.97 Å². The van der Waals surface area contributed by atoms with Crippen LogP contribution in [0.4, 0.5) is 0 Å². The predicted molar refractivity (Wildman–Crippen MR) is 66.5 cm³/mol. The summed E-state index contributed by atoms with van der Waals surface area (Å²) in [6.07, 6.45) is 0. The Balaban J connectivity index is 2.31. The molecule has 2 rings (SSSR count). The zero-order valence-electron chi connectivity index (χ0n) is 10.3. The smallest absolute Gasteiger partial charge is 0.352 e. The van der Waals surface area contributed by atoms with Gasteiger partial charge in [-0.05, 0) is 23.8 Å². The van der Waals surface area contributed by atoms with E-state index in [9.17, 15) is 4.79 Å². The summed E-state index contributed by atoms with van der Waals surface area (Å²) in [6.45, 7) is 0.689. The number of nitrogens with zero attached hydrogens (tertiary/aromatic N) is 1. The maximum absolute atomic E-state index is 11.0. The minimum Gasteiger partial charge on any atom is -0.477 e. The molecule has 0 bridgehead atoms. The molecule has 18 heavy (non-hydrogen) atoms. The van der Waals surface area contributed by atoms with Crippen LogP contribution in [-0.4, -0.2) is 29.5 Å². The molecule has 0 saturated carbocycles. The maximum atomic E-state index is 11.0. The molecular weight excluding hydrogens is 234 g/mol. The fourth-order valence-corrected chi connectivity index (χ4v) is 1.94. The van der Waals surface area contributed by atoms with Gasteiger partial charge in [0.15, 0.2) is 0 Å². The Morgan fingerprint density at radius 3 is 2.83 bits per heavy atom. The summed E-state index contributed by atoms with van der Waals surface area (Å²) in [5, 5.41) is 9.94. The first kappa shape index (κ1) is 12.6. The molecule has 0 saturated heterocycles. The third-order valence-electron chi connectivity index (χ3n) is 2.80. The quantitative estimate of drug-likeness (QED) is 0.650. The molecule has 5 nitrogen and oxygen atoms in total. The van der Waals surface area contributed by atoms with Crippen molar-refractivity contribution in [3.63, 3.8) is 0 Å². The highest BCUT2D eigenvalue weighted by Gasteiger charge is 2.11. The number of benzene rings is 1. The van der Waals surface area contributed by atoms with Crippen LogP contribution in [0.1, 0.15) is 16.1 Å². The van der Waals surface area contributed by atoms with Crippen molar-refractivity contribution in [3.8, 4) is 0 Å². The number of carboxylic acid groups (broad SMARTS) is 1. The van der Waals surface area contributed by atoms with Gasteiger partial charge in [0.25, 0.3) is 0 Å². The lowest BCUT2D eigenvalue weighted by atomic mass is 10.1. The summed E-state index contributed by atoms with van der Waals surface area (Å²) in [7, 11) is 3.31. The molecule has 0 aliphatic rings. The zero-order chi connectivity index (χ0) is 13.1. The van der Waals surface area contributed by atoms with E-state index in [1.54, 1.807) is 24.8 Å². The number of rotatable bonds is 5. The second-order valence-electron chi connectivity index (χ2n) is 4.04. The van der Waals surface area contributed by atoms with Gasteiger partial charge in [-0.15, -0.1) is 0 Å². The van der Waals surface area contributed by atoms with Crippen LogP contribution < -0.4 is 0 Å². The Kier molecular flexibility index (Phi) is 3.64. The molecule has 0 fully saturated rings. The Morgan fingerprint density at radius 2 is 2.17 bits per heavy atom. The molecule has 0 spiro atoms. The minimum absolute atomic E-state index is 0.243. The first-order valence-electron chi connectivity index (χ1n) is 5.52. The number of aromatic carboxylic acids is 1. The van der Waals surface area contributed by atoms with E-state index in [-0.39, 0.29) is 12.5 Å². The van der Waals surface area contributed by atoms with Crippen molar-refractivity contribution in [1.82, 2.24) is 4.57 Å². The van der Waals surface area contributed by atoms with Gasteiger partial charge in [-0.25, -0.2) is 4.79 Å². The largest absolute Gasteiger partial charge is 0.477 e. The molecule has 0 aliphatic carbocycles. The average Bonchev–Trinajstić information content (AvgIpc) is 2.67. The molecule has 0 atom stereocenters. The third kappa shape index (κ3) is 2.37. The van der Waals surface area contributed by atoms with Gasteiger partial charge in [0.05, 0.1) is 6.61 Å². The fraction of sp³-hybridized carbons (Fsp3) is 0.308. The van der Waals surface area contributed by atoms with Crippen molar-refractivity contribution in [2.75, 3.05) is 13.9 Å². The van der Waals surface area contributed by atoms with Gasteiger partial charge < -0.3 is 19.1 Å². The van der Waals surface area contributed by atoms with Crippen molar-refractivity contribution < 1.29 is 19.4 Å². The predicted octanol–water partition coefficient (Wildman–Crippen LogP) is 2.00. The molecule has 0 amide bonds. The van der Waals surface area contributed by atoms with Crippen molar-refractivity contribution in [3.05, 3.63) is 35.5 Å². The minimum atomic E-state index is -0.925. The van der Waals surface area contributed by atoms with E-state index in [0.717, 1.165) is 16.5 Å². The molecular formula is C13H15NO4. The van der Waals surface area contributed by atoms with E-state index in [0.29, 0.717) is 6.61 Å². The number of aromatic nitrogens is 1. The molecule has 5 heteroatoms. The van der Waals surface area contributed by atoms with Crippen molar-refractivity contribution in [2.45, 2.75) is 6.61 Å². The fourth-order valence-electron chi connectivity index (χ4n) is 1.94. The number of hydrogen-bond acceptors (Lipinski definition) is 3. The van der Waals surface area contributed by atoms with E-state index in [2.05, 4.69) is 0 Å². The summed E-state index contributed by atoms with van der Waals surface area (Å²) in [5.74, 6) is -0.925. The molecule has 1 aromatic carbocycles. The van der Waals surface area contributed by atoms with Gasteiger partial charge in [-0.3, -0.25) is 0 Å². The monoisotopic (exact) mass is 249 g/mol. The summed E-state index contributed by atoms with van der Waals surface area (Å²) in [5.41, 5.74) is 2.16. The van der Waals surface area contributed by atoms with Crippen LogP contribution in [0.25, 0.3) is 10.9 Å². The van der Waals surface area contributed by atoms with Crippen LogP contribution in [0, 0.1) is 0 Å². The highest BCUT2D eigenvalue weighted by atomic mass is 16.7. The number of aryl methyl sites for hydroxylation is 1. The van der Waals surface area contributed by atoms with Gasteiger partial charge in [0.1, 0.15) is 12.5 Å². The Bertz CT molecular complexity index is 574. The molecule has 1 N–H and O–H groups in total. The highest BCUT2D eigenvalue weighted by molar-refractivity contribution is 5.94. The van der Waals surface area contributed by atoms with E-state index in [4.69, 9.17) is 14.6 Å². The van der Waals surface area contributed by atoms with Crippen LogP contribution >= 0.6 is 0 Å². The molecule has 1 heterocycles. The number of methoxy groups -OCH3 is 1. The number of carboxylic acids is 1. The van der Waals surface area contributed by atoms with Crippen LogP contribution in [-0.2, 0) is 23.1 Å². The topological polar surface area (TPSA) is 60.7 Å². The van der Waals surface area contributed by atoms with Crippen molar-refractivity contribution >= 4 is 16.9 Å². The number of carbonyl (C=O) groups is 1. The SMILES string of the molecule is COCOCc1ccc2c(c1)cc(C(=O)O)n2C. The van der Waals surface area contributed by atoms with Gasteiger partial charge in [0, 0.05) is 25.1 Å². The maximum Gasteiger partial charge on any atom is 0.352 e. The lowest BCUT2D eigenvalue weighted by molar-refractivity contribution is -0.0390. The lowest BCUT2D eigenvalue weighted by Crippen LogP contribution is -2.03. The standard InChI is InChI=1S/C13H15NO4/c1-14-11-4-3-9(7-18-8-17-2)5-10(11)6-12(14)13(15)16/h3-6H,7-8H2,1-2H3,(H,15,16). The Morgan fingerprint density at radius 1 is 1.39 bits per heavy atom. The van der Waals surface area contributed by atoms with Crippen molar-refractivity contribution in [2.24, 2.45) is 7.05 Å². The second-order valence-corrected chi connectivity index (χ2v) is 4.04. The van der Waals surface area contributed by atoms with E-state index in [1.165, 1.54) is 0 Å². The molecule has 0 unspecified atom stereocenters. The van der Waals surface area contributed by atoms with Crippen LogP contribution in [0.5, 0.6) is 0 Å². The molecule has 96 valence electrons. The van der Waals surface area contributed by atoms with Crippen LogP contribution in [0.2, 0.25) is 0 Å². The average molecular weight is 249 g/mol. The number of hydrogen-bond donors (Lipinski definition) is 1. The summed E-state index contributed by atoms with van der Waals surface area (Å²) >= 11 is 0. The number of fused-ring (bicyclic) bond motifs is 1. The van der Waals surface area contributed by atoms with E-state index in [1.807, 2.05) is 18.2 Å². The lowest BCUT2D eigenvalue weighted by Gasteiger charge is -2.04. The highest BCUT2D eigenvalue weighted by Crippen LogP contribution is 2.20. The van der Waals surface area contributed by atoms with Gasteiger partial charge in [0.2, 0.25) is 0 Å². The van der Waals surface area contributed by atoms with Crippen LogP contribution in [0.15, 0.2) is 24.3 Å². The summed E-state index contributed by atoms with van der Waals surface area (Å²) in [4.78, 5) is 11.0. The Hall–Kier alpha value is -1.85. The van der Waals surface area contributed by atoms with Crippen molar-refractivity contribution in [1.29, 1.82) is 0 Å². The number of ether oxygens (including phenoxy) is 2. The van der Waals surface area contributed by atoms with E-state index >= 15 is 0 Å². The normalized spacial score (nSPS) is 11.0.